The second kappa shape index (κ2) is 7.73. The SMILES string of the molecule is O=C([C@@H]1CCOC1)N(Cc1ccccc1)C[C@@H](O)c1cccs1. The van der Waals surface area contributed by atoms with Gasteiger partial charge in [0.2, 0.25) is 5.91 Å². The van der Waals surface area contributed by atoms with E-state index in [1.807, 2.05) is 47.8 Å². The molecule has 1 N–H and O–H groups in total. The number of hydrogen-bond acceptors (Lipinski definition) is 4. The summed E-state index contributed by atoms with van der Waals surface area (Å²) < 4.78 is 5.35. The van der Waals surface area contributed by atoms with Gasteiger partial charge in [0.1, 0.15) is 6.10 Å². The number of hydrogen-bond donors (Lipinski definition) is 1. The zero-order valence-electron chi connectivity index (χ0n) is 12.9. The van der Waals surface area contributed by atoms with Crippen LogP contribution in [-0.2, 0) is 16.1 Å². The van der Waals surface area contributed by atoms with Gasteiger partial charge in [-0.25, -0.2) is 0 Å². The summed E-state index contributed by atoms with van der Waals surface area (Å²) in [7, 11) is 0. The van der Waals surface area contributed by atoms with Crippen LogP contribution in [0.2, 0.25) is 0 Å². The summed E-state index contributed by atoms with van der Waals surface area (Å²) in [6.07, 6.45) is 0.115. The molecule has 23 heavy (non-hydrogen) atoms. The standard InChI is InChI=1S/C18H21NO3S/c20-16(17-7-4-10-23-17)12-19(11-14-5-2-1-3-6-14)18(21)15-8-9-22-13-15/h1-7,10,15-16,20H,8-9,11-13H2/t15-,16-/m1/s1. The molecule has 0 aliphatic carbocycles. The predicted molar refractivity (Wildman–Crippen MR) is 90.1 cm³/mol. The van der Waals surface area contributed by atoms with Crippen molar-refractivity contribution in [3.63, 3.8) is 0 Å². The fourth-order valence-electron chi connectivity index (χ4n) is 2.80. The lowest BCUT2D eigenvalue weighted by molar-refractivity contribution is -0.137. The second-order valence-electron chi connectivity index (χ2n) is 5.80. The van der Waals surface area contributed by atoms with E-state index in [1.165, 1.54) is 11.3 Å². The summed E-state index contributed by atoms with van der Waals surface area (Å²) in [6, 6.07) is 13.7. The summed E-state index contributed by atoms with van der Waals surface area (Å²) in [6.45, 7) is 1.95. The lowest BCUT2D eigenvalue weighted by Crippen LogP contribution is -2.38. The number of aliphatic hydroxyl groups excluding tert-OH is 1. The Hall–Kier alpha value is -1.69. The van der Waals surface area contributed by atoms with E-state index in [-0.39, 0.29) is 11.8 Å². The Labute approximate surface area is 140 Å². The van der Waals surface area contributed by atoms with E-state index in [1.54, 1.807) is 4.90 Å². The van der Waals surface area contributed by atoms with E-state index < -0.39 is 6.10 Å². The largest absolute Gasteiger partial charge is 0.386 e. The third-order valence-electron chi connectivity index (χ3n) is 4.07. The summed E-state index contributed by atoms with van der Waals surface area (Å²) in [5.41, 5.74) is 1.07. The molecule has 1 saturated heterocycles. The fourth-order valence-corrected chi connectivity index (χ4v) is 3.51. The third-order valence-corrected chi connectivity index (χ3v) is 5.05. The highest BCUT2D eigenvalue weighted by Crippen LogP contribution is 2.23. The van der Waals surface area contributed by atoms with Gasteiger partial charge in [-0.3, -0.25) is 4.79 Å². The smallest absolute Gasteiger partial charge is 0.228 e. The zero-order chi connectivity index (χ0) is 16.1. The lowest BCUT2D eigenvalue weighted by Gasteiger charge is -2.27. The van der Waals surface area contributed by atoms with Crippen LogP contribution in [-0.4, -0.2) is 35.7 Å². The normalized spacial score (nSPS) is 18.7. The van der Waals surface area contributed by atoms with Crippen LogP contribution in [0.3, 0.4) is 0 Å². The first-order valence-corrected chi connectivity index (χ1v) is 8.74. The van der Waals surface area contributed by atoms with Gasteiger partial charge in [0, 0.05) is 18.0 Å². The number of carbonyl (C=O) groups is 1. The quantitative estimate of drug-likeness (QED) is 0.885. The highest BCUT2D eigenvalue weighted by atomic mass is 32.1. The van der Waals surface area contributed by atoms with Gasteiger partial charge in [-0.05, 0) is 23.4 Å². The van der Waals surface area contributed by atoms with Crippen molar-refractivity contribution in [1.29, 1.82) is 0 Å². The molecular formula is C18H21NO3S. The van der Waals surface area contributed by atoms with Crippen LogP contribution < -0.4 is 0 Å². The maximum absolute atomic E-state index is 12.8. The Kier molecular flexibility index (Phi) is 5.43. The predicted octanol–water partition coefficient (Wildman–Crippen LogP) is 2.85. The van der Waals surface area contributed by atoms with Crippen LogP contribution in [0.5, 0.6) is 0 Å². The number of nitrogens with zero attached hydrogens (tertiary/aromatic N) is 1. The van der Waals surface area contributed by atoms with Crippen molar-refractivity contribution >= 4 is 17.2 Å². The van der Waals surface area contributed by atoms with E-state index >= 15 is 0 Å². The van der Waals surface area contributed by atoms with Gasteiger partial charge in [-0.1, -0.05) is 36.4 Å². The highest BCUT2D eigenvalue weighted by molar-refractivity contribution is 7.10. The third kappa shape index (κ3) is 4.19. The topological polar surface area (TPSA) is 49.8 Å². The van der Waals surface area contributed by atoms with E-state index in [4.69, 9.17) is 4.74 Å². The highest BCUT2D eigenvalue weighted by Gasteiger charge is 2.29. The molecule has 2 atom stereocenters. The van der Waals surface area contributed by atoms with Gasteiger partial charge < -0.3 is 14.7 Å². The van der Waals surface area contributed by atoms with Crippen molar-refractivity contribution in [2.24, 2.45) is 5.92 Å². The van der Waals surface area contributed by atoms with Crippen molar-refractivity contribution in [1.82, 2.24) is 4.90 Å². The molecule has 4 nitrogen and oxygen atoms in total. The molecule has 0 spiro atoms. The van der Waals surface area contributed by atoms with Crippen molar-refractivity contribution in [2.75, 3.05) is 19.8 Å². The molecule has 2 heterocycles. The van der Waals surface area contributed by atoms with Crippen LogP contribution >= 0.6 is 11.3 Å². The molecule has 1 aromatic heterocycles. The lowest BCUT2D eigenvalue weighted by atomic mass is 10.1. The Morgan fingerprint density at radius 1 is 1.30 bits per heavy atom. The molecule has 0 bridgehead atoms. The Morgan fingerprint density at radius 3 is 2.78 bits per heavy atom. The van der Waals surface area contributed by atoms with Gasteiger partial charge >= 0.3 is 0 Å². The summed E-state index contributed by atoms with van der Waals surface area (Å²) in [5, 5.41) is 12.4. The molecule has 1 amide bonds. The summed E-state index contributed by atoms with van der Waals surface area (Å²) >= 11 is 1.51. The zero-order valence-corrected chi connectivity index (χ0v) is 13.7. The average molecular weight is 331 g/mol. The minimum absolute atomic E-state index is 0.0713. The Morgan fingerprint density at radius 2 is 2.13 bits per heavy atom. The molecule has 0 radical (unpaired) electrons. The maximum Gasteiger partial charge on any atom is 0.228 e. The number of amides is 1. The number of rotatable bonds is 6. The minimum atomic E-state index is -0.648. The van der Waals surface area contributed by atoms with Gasteiger partial charge in [0.05, 0.1) is 19.1 Å². The molecule has 1 aromatic carbocycles. The minimum Gasteiger partial charge on any atom is -0.386 e. The van der Waals surface area contributed by atoms with E-state index in [0.29, 0.717) is 26.3 Å². The van der Waals surface area contributed by atoms with Crippen molar-refractivity contribution in [3.8, 4) is 0 Å². The first-order valence-electron chi connectivity index (χ1n) is 7.86. The molecule has 2 aromatic rings. The van der Waals surface area contributed by atoms with Crippen molar-refractivity contribution in [2.45, 2.75) is 19.1 Å². The van der Waals surface area contributed by atoms with Gasteiger partial charge in [0.15, 0.2) is 0 Å². The van der Waals surface area contributed by atoms with E-state index in [0.717, 1.165) is 16.9 Å². The number of aliphatic hydroxyl groups is 1. The summed E-state index contributed by atoms with van der Waals surface area (Å²) in [4.78, 5) is 15.4. The van der Waals surface area contributed by atoms with Crippen LogP contribution in [0.25, 0.3) is 0 Å². The van der Waals surface area contributed by atoms with Crippen molar-refractivity contribution < 1.29 is 14.6 Å². The molecule has 3 rings (SSSR count). The van der Waals surface area contributed by atoms with Gasteiger partial charge in [-0.15, -0.1) is 11.3 Å². The number of benzene rings is 1. The molecular weight excluding hydrogens is 310 g/mol. The Bertz CT molecular complexity index is 608. The maximum atomic E-state index is 12.8. The molecule has 1 aliphatic heterocycles. The van der Waals surface area contributed by atoms with Crippen LogP contribution in [0, 0.1) is 5.92 Å². The number of ether oxygens (including phenoxy) is 1. The fraction of sp³-hybridized carbons (Fsp3) is 0.389. The molecule has 0 saturated carbocycles. The molecule has 1 fully saturated rings. The monoisotopic (exact) mass is 331 g/mol. The molecule has 0 unspecified atom stereocenters. The first kappa shape index (κ1) is 16.2. The van der Waals surface area contributed by atoms with E-state index in [9.17, 15) is 9.90 Å². The van der Waals surface area contributed by atoms with Crippen LogP contribution in [0.1, 0.15) is 23.0 Å². The number of thiophene rings is 1. The molecule has 122 valence electrons. The van der Waals surface area contributed by atoms with E-state index in [2.05, 4.69) is 0 Å². The molecule has 5 heteroatoms. The summed E-state index contributed by atoms with van der Waals surface area (Å²) in [5.74, 6) is -0.0174. The van der Waals surface area contributed by atoms with Crippen LogP contribution in [0.15, 0.2) is 47.8 Å². The van der Waals surface area contributed by atoms with Gasteiger partial charge in [0.25, 0.3) is 0 Å². The Balaban J connectivity index is 1.73. The second-order valence-corrected chi connectivity index (χ2v) is 6.78. The average Bonchev–Trinajstić information content (AvgIpc) is 3.27. The van der Waals surface area contributed by atoms with Gasteiger partial charge in [-0.2, -0.15) is 0 Å². The van der Waals surface area contributed by atoms with Crippen LogP contribution in [0.4, 0.5) is 0 Å². The molecule has 1 aliphatic rings. The van der Waals surface area contributed by atoms with Crippen molar-refractivity contribution in [3.05, 3.63) is 58.3 Å². The number of carbonyl (C=O) groups excluding carboxylic acids is 1. The first-order chi connectivity index (χ1) is 11.2.